The second-order valence-corrected chi connectivity index (χ2v) is 2.68. The summed E-state index contributed by atoms with van der Waals surface area (Å²) in [5, 5.41) is 0. The Morgan fingerprint density at radius 2 is 1.08 bits per heavy atom. The Kier molecular flexibility index (Phi) is 10.6. The van der Waals surface area contributed by atoms with Crippen molar-refractivity contribution in [1.82, 2.24) is 0 Å². The lowest BCUT2D eigenvalue weighted by molar-refractivity contribution is -0.130. The normalized spacial score (nSPS) is 10.5. The highest BCUT2D eigenvalue weighted by Crippen LogP contribution is 2.17. The van der Waals surface area contributed by atoms with Gasteiger partial charge in [0, 0.05) is 6.42 Å². The minimum atomic E-state index is -3.96. The number of halogens is 3. The molecule has 12 heavy (non-hydrogen) atoms. The molecule has 0 nitrogen and oxygen atoms in total. The molecule has 0 amide bonds. The average molecular weight is 184 g/mol. The number of alkyl halides is 3. The Hall–Kier alpha value is -0.210. The molecule has 3 heteroatoms. The standard InChI is InChI=1S/C6H14.C3H5F3/c1-3-5-6-4-2;1-2-3(4,5)6/h3-6H2,1-2H3;2H2,1H3. The van der Waals surface area contributed by atoms with Gasteiger partial charge in [-0.3, -0.25) is 0 Å². The molecule has 0 spiro atoms. The predicted octanol–water partition coefficient (Wildman–Crippen LogP) is 4.55. The summed E-state index contributed by atoms with van der Waals surface area (Å²) in [4.78, 5) is 0. The third-order valence-electron chi connectivity index (χ3n) is 1.36. The van der Waals surface area contributed by atoms with Crippen molar-refractivity contribution < 1.29 is 13.2 Å². The zero-order valence-electron chi connectivity index (χ0n) is 8.17. The third-order valence-corrected chi connectivity index (χ3v) is 1.36. The van der Waals surface area contributed by atoms with Crippen LogP contribution in [0.3, 0.4) is 0 Å². The van der Waals surface area contributed by atoms with Gasteiger partial charge in [0.1, 0.15) is 0 Å². The molecule has 0 aromatic carbocycles. The van der Waals surface area contributed by atoms with Crippen molar-refractivity contribution in [2.24, 2.45) is 0 Å². The topological polar surface area (TPSA) is 0 Å². The summed E-state index contributed by atoms with van der Waals surface area (Å²) in [6.45, 7) is 5.55. The van der Waals surface area contributed by atoms with Crippen LogP contribution in [0.4, 0.5) is 13.2 Å². The lowest BCUT2D eigenvalue weighted by Crippen LogP contribution is -2.02. The fourth-order valence-corrected chi connectivity index (χ4v) is 0.500. The molecule has 0 heterocycles. The summed E-state index contributed by atoms with van der Waals surface area (Å²) >= 11 is 0. The van der Waals surface area contributed by atoms with E-state index in [1.165, 1.54) is 25.7 Å². The SMILES string of the molecule is CCC(F)(F)F.CCCCCC. The molecule has 0 saturated heterocycles. The predicted molar refractivity (Wildman–Crippen MR) is 46.2 cm³/mol. The van der Waals surface area contributed by atoms with Crippen molar-refractivity contribution in [2.75, 3.05) is 0 Å². The molecule has 0 unspecified atom stereocenters. The van der Waals surface area contributed by atoms with Gasteiger partial charge < -0.3 is 0 Å². The fraction of sp³-hybridized carbons (Fsp3) is 1.00. The van der Waals surface area contributed by atoms with E-state index in [1.807, 2.05) is 0 Å². The van der Waals surface area contributed by atoms with E-state index in [4.69, 9.17) is 0 Å². The van der Waals surface area contributed by atoms with E-state index >= 15 is 0 Å². The average Bonchev–Trinajstić information content (AvgIpc) is 2.01. The second kappa shape index (κ2) is 8.88. The van der Waals surface area contributed by atoms with Crippen LogP contribution in [0.25, 0.3) is 0 Å². The number of rotatable bonds is 3. The monoisotopic (exact) mass is 184 g/mol. The van der Waals surface area contributed by atoms with E-state index in [-0.39, 0.29) is 0 Å². The van der Waals surface area contributed by atoms with Gasteiger partial charge in [-0.25, -0.2) is 0 Å². The van der Waals surface area contributed by atoms with E-state index in [2.05, 4.69) is 13.8 Å². The minimum absolute atomic E-state index is 0.729. The number of unbranched alkanes of at least 4 members (excludes halogenated alkanes) is 3. The highest BCUT2D eigenvalue weighted by Gasteiger charge is 2.22. The van der Waals surface area contributed by atoms with Gasteiger partial charge in [0.2, 0.25) is 0 Å². The largest absolute Gasteiger partial charge is 0.388 e. The first-order chi connectivity index (χ1) is 5.47. The first-order valence-corrected chi connectivity index (χ1v) is 4.54. The lowest BCUT2D eigenvalue weighted by atomic mass is 10.2. The van der Waals surface area contributed by atoms with Crippen molar-refractivity contribution >= 4 is 0 Å². The molecule has 0 aliphatic heterocycles. The third kappa shape index (κ3) is 22.6. The van der Waals surface area contributed by atoms with E-state index < -0.39 is 12.6 Å². The zero-order chi connectivity index (χ0) is 10.0. The molecule has 76 valence electrons. The van der Waals surface area contributed by atoms with Crippen LogP contribution in [-0.2, 0) is 0 Å². The summed E-state index contributed by atoms with van der Waals surface area (Å²) in [6.07, 6.45) is 0.849. The molecular weight excluding hydrogens is 165 g/mol. The Balaban J connectivity index is 0. The van der Waals surface area contributed by atoms with Crippen molar-refractivity contribution in [3.05, 3.63) is 0 Å². The zero-order valence-corrected chi connectivity index (χ0v) is 8.17. The Morgan fingerprint density at radius 1 is 0.833 bits per heavy atom. The van der Waals surface area contributed by atoms with Crippen molar-refractivity contribution in [1.29, 1.82) is 0 Å². The van der Waals surface area contributed by atoms with Crippen LogP contribution in [0.5, 0.6) is 0 Å². The van der Waals surface area contributed by atoms with Gasteiger partial charge in [0.05, 0.1) is 0 Å². The summed E-state index contributed by atoms with van der Waals surface area (Å²) < 4.78 is 32.4. The van der Waals surface area contributed by atoms with Gasteiger partial charge in [-0.1, -0.05) is 46.5 Å². The van der Waals surface area contributed by atoms with E-state index in [1.54, 1.807) is 0 Å². The molecule has 0 aliphatic carbocycles. The summed E-state index contributed by atoms with van der Waals surface area (Å²) in [5.74, 6) is 0. The highest BCUT2D eigenvalue weighted by atomic mass is 19.4. The summed E-state index contributed by atoms with van der Waals surface area (Å²) in [5.41, 5.74) is 0. The molecule has 0 rings (SSSR count). The van der Waals surface area contributed by atoms with Crippen molar-refractivity contribution in [2.45, 2.75) is 59.1 Å². The van der Waals surface area contributed by atoms with Crippen LogP contribution >= 0.6 is 0 Å². The van der Waals surface area contributed by atoms with Crippen LogP contribution in [0.1, 0.15) is 52.9 Å². The van der Waals surface area contributed by atoms with Crippen LogP contribution in [0.15, 0.2) is 0 Å². The lowest BCUT2D eigenvalue weighted by Gasteiger charge is -1.96. The number of hydrogen-bond acceptors (Lipinski definition) is 0. The second-order valence-electron chi connectivity index (χ2n) is 2.68. The molecule has 0 saturated carbocycles. The van der Waals surface area contributed by atoms with Crippen molar-refractivity contribution in [3.8, 4) is 0 Å². The van der Waals surface area contributed by atoms with E-state index in [0.29, 0.717) is 0 Å². The molecule has 0 aliphatic rings. The van der Waals surface area contributed by atoms with Gasteiger partial charge in [-0.2, -0.15) is 13.2 Å². The maximum atomic E-state index is 10.8. The van der Waals surface area contributed by atoms with Crippen LogP contribution < -0.4 is 0 Å². The van der Waals surface area contributed by atoms with Gasteiger partial charge in [0.15, 0.2) is 0 Å². The maximum Gasteiger partial charge on any atom is 0.388 e. The Bertz CT molecular complexity index is 72.3. The van der Waals surface area contributed by atoms with Gasteiger partial charge in [-0.05, 0) is 0 Å². The summed E-state index contributed by atoms with van der Waals surface area (Å²) in [6, 6.07) is 0. The maximum absolute atomic E-state index is 10.8. The molecule has 0 atom stereocenters. The minimum Gasteiger partial charge on any atom is -0.171 e. The Morgan fingerprint density at radius 3 is 1.17 bits per heavy atom. The molecular formula is C9H19F3. The molecule has 0 bridgehead atoms. The first kappa shape index (κ1) is 14.3. The first-order valence-electron chi connectivity index (χ1n) is 4.54. The molecule has 0 aromatic heterocycles. The van der Waals surface area contributed by atoms with Crippen LogP contribution in [0, 0.1) is 0 Å². The van der Waals surface area contributed by atoms with Gasteiger partial charge >= 0.3 is 6.18 Å². The van der Waals surface area contributed by atoms with Crippen molar-refractivity contribution in [3.63, 3.8) is 0 Å². The molecule has 0 aromatic rings. The highest BCUT2D eigenvalue weighted by molar-refractivity contribution is 4.39. The van der Waals surface area contributed by atoms with E-state index in [0.717, 1.165) is 6.92 Å². The van der Waals surface area contributed by atoms with Gasteiger partial charge in [-0.15, -0.1) is 0 Å². The fourth-order valence-electron chi connectivity index (χ4n) is 0.500. The molecule has 0 N–H and O–H groups in total. The quantitative estimate of drug-likeness (QED) is 0.564. The van der Waals surface area contributed by atoms with E-state index in [9.17, 15) is 13.2 Å². The van der Waals surface area contributed by atoms with Crippen LogP contribution in [0.2, 0.25) is 0 Å². The summed E-state index contributed by atoms with van der Waals surface area (Å²) in [7, 11) is 0. The van der Waals surface area contributed by atoms with Crippen LogP contribution in [-0.4, -0.2) is 6.18 Å². The smallest absolute Gasteiger partial charge is 0.171 e. The molecule has 0 fully saturated rings. The Labute approximate surface area is 73.2 Å². The van der Waals surface area contributed by atoms with Gasteiger partial charge in [0.25, 0.3) is 0 Å². The molecule has 0 radical (unpaired) electrons. The number of hydrogen-bond donors (Lipinski definition) is 0.